The molecule has 2 amide bonds. The van der Waals surface area contributed by atoms with Gasteiger partial charge in [-0.1, -0.05) is 56.3 Å². The number of benzene rings is 2. The summed E-state index contributed by atoms with van der Waals surface area (Å²) in [6.07, 6.45) is 0. The van der Waals surface area contributed by atoms with Gasteiger partial charge in [0.1, 0.15) is 24.0 Å². The van der Waals surface area contributed by atoms with Gasteiger partial charge in [0.15, 0.2) is 0 Å². The maximum Gasteiger partial charge on any atom is 0.329 e. The van der Waals surface area contributed by atoms with Crippen LogP contribution >= 0.6 is 0 Å². The largest absolute Gasteiger partial charge is 0.489 e. The van der Waals surface area contributed by atoms with Crippen LogP contribution in [-0.2, 0) is 22.7 Å². The number of ether oxygens (including phenoxy) is 2. The summed E-state index contributed by atoms with van der Waals surface area (Å²) in [7, 11) is 0. The van der Waals surface area contributed by atoms with E-state index in [1.54, 1.807) is 9.80 Å². The molecule has 0 aromatic heterocycles. The summed E-state index contributed by atoms with van der Waals surface area (Å²) in [4.78, 5) is 29.3. The minimum atomic E-state index is -0.590. The van der Waals surface area contributed by atoms with Gasteiger partial charge in [-0.15, -0.1) is 0 Å². The standard InChI is InChI=1S/C26H34N2O4/c1-19(2)23(24(29)32-26(3,4)5)28-15-14-27(25(28)30)17-21-12-9-13-22(16-21)31-18-20-10-7-6-8-11-20/h6-13,16,19,23H,14-15,17-18H2,1-5H3/t23-/m1/s1. The van der Waals surface area contributed by atoms with Crippen molar-refractivity contribution < 1.29 is 19.1 Å². The second kappa shape index (κ2) is 10.1. The first-order chi connectivity index (χ1) is 15.1. The molecule has 6 nitrogen and oxygen atoms in total. The molecule has 1 atom stereocenters. The Balaban J connectivity index is 1.64. The Hall–Kier alpha value is -3.02. The van der Waals surface area contributed by atoms with Gasteiger partial charge in [0.2, 0.25) is 0 Å². The van der Waals surface area contributed by atoms with Gasteiger partial charge in [-0.05, 0) is 49.9 Å². The van der Waals surface area contributed by atoms with Crippen molar-refractivity contribution in [2.24, 2.45) is 5.92 Å². The number of hydrogen-bond donors (Lipinski definition) is 0. The van der Waals surface area contributed by atoms with E-state index in [-0.39, 0.29) is 17.9 Å². The summed E-state index contributed by atoms with van der Waals surface area (Å²) in [5.74, 6) is 0.381. The van der Waals surface area contributed by atoms with Gasteiger partial charge in [-0.3, -0.25) is 0 Å². The van der Waals surface area contributed by atoms with Crippen LogP contribution in [0.1, 0.15) is 45.7 Å². The number of nitrogens with zero attached hydrogens (tertiary/aromatic N) is 2. The summed E-state index contributed by atoms with van der Waals surface area (Å²) in [6.45, 7) is 11.4. The molecule has 1 aliphatic rings. The van der Waals surface area contributed by atoms with Gasteiger partial charge < -0.3 is 19.3 Å². The molecule has 6 heteroatoms. The smallest absolute Gasteiger partial charge is 0.329 e. The third-order valence-electron chi connectivity index (χ3n) is 5.26. The Kier molecular flexibility index (Phi) is 7.44. The molecule has 3 rings (SSSR count). The zero-order chi connectivity index (χ0) is 23.3. The Morgan fingerprint density at radius 2 is 1.69 bits per heavy atom. The predicted octanol–water partition coefficient (Wildman–Crippen LogP) is 4.87. The summed E-state index contributed by atoms with van der Waals surface area (Å²) in [5, 5.41) is 0. The van der Waals surface area contributed by atoms with Crippen LogP contribution in [0.15, 0.2) is 54.6 Å². The van der Waals surface area contributed by atoms with E-state index in [4.69, 9.17) is 9.47 Å². The van der Waals surface area contributed by atoms with Gasteiger partial charge >= 0.3 is 12.0 Å². The fourth-order valence-corrected chi connectivity index (χ4v) is 3.82. The molecule has 1 saturated heterocycles. The fourth-order valence-electron chi connectivity index (χ4n) is 3.82. The second-order valence-corrected chi connectivity index (χ2v) is 9.54. The monoisotopic (exact) mass is 438 g/mol. The first-order valence-electron chi connectivity index (χ1n) is 11.2. The minimum absolute atomic E-state index is 0.0385. The maximum absolute atomic E-state index is 13.1. The SMILES string of the molecule is CC(C)[C@H](C(=O)OC(C)(C)C)N1CCN(Cc2cccc(OCc3ccccc3)c2)C1=O. The molecule has 0 unspecified atom stereocenters. The fraction of sp³-hybridized carbons (Fsp3) is 0.462. The normalized spacial score (nSPS) is 15.2. The maximum atomic E-state index is 13.1. The molecular weight excluding hydrogens is 404 g/mol. The summed E-state index contributed by atoms with van der Waals surface area (Å²) in [6, 6.07) is 17.1. The predicted molar refractivity (Wildman–Crippen MR) is 124 cm³/mol. The number of carbonyl (C=O) groups excluding carboxylic acids is 2. The van der Waals surface area contributed by atoms with Gasteiger partial charge in [0, 0.05) is 19.6 Å². The van der Waals surface area contributed by atoms with E-state index in [0.29, 0.717) is 26.2 Å². The molecule has 32 heavy (non-hydrogen) atoms. The van der Waals surface area contributed by atoms with Crippen molar-refractivity contribution in [2.75, 3.05) is 13.1 Å². The van der Waals surface area contributed by atoms with Crippen LogP contribution in [0.3, 0.4) is 0 Å². The van der Waals surface area contributed by atoms with E-state index in [0.717, 1.165) is 16.9 Å². The highest BCUT2D eigenvalue weighted by Gasteiger charge is 2.40. The summed E-state index contributed by atoms with van der Waals surface area (Å²) in [5.41, 5.74) is 1.50. The molecule has 0 radical (unpaired) electrons. The van der Waals surface area contributed by atoms with Crippen LogP contribution in [0.25, 0.3) is 0 Å². The molecule has 1 heterocycles. The van der Waals surface area contributed by atoms with Crippen molar-refractivity contribution in [2.45, 2.75) is 59.4 Å². The molecule has 0 saturated carbocycles. The zero-order valence-electron chi connectivity index (χ0n) is 19.7. The van der Waals surface area contributed by atoms with E-state index in [1.165, 1.54) is 0 Å². The molecular formula is C26H34N2O4. The van der Waals surface area contributed by atoms with Gasteiger partial charge in [0.05, 0.1) is 0 Å². The number of carbonyl (C=O) groups is 2. The van der Waals surface area contributed by atoms with Gasteiger partial charge in [0.25, 0.3) is 0 Å². The van der Waals surface area contributed by atoms with E-state index >= 15 is 0 Å². The molecule has 0 N–H and O–H groups in total. The zero-order valence-corrected chi connectivity index (χ0v) is 19.7. The Morgan fingerprint density at radius 1 is 1.00 bits per heavy atom. The number of amides is 2. The molecule has 2 aromatic carbocycles. The molecule has 0 aliphatic carbocycles. The molecule has 2 aromatic rings. The van der Waals surface area contributed by atoms with E-state index in [2.05, 4.69) is 0 Å². The average Bonchev–Trinajstić information content (AvgIpc) is 3.06. The Morgan fingerprint density at radius 3 is 2.34 bits per heavy atom. The van der Waals surface area contributed by atoms with Crippen LogP contribution in [-0.4, -0.2) is 46.5 Å². The molecule has 0 bridgehead atoms. The van der Waals surface area contributed by atoms with Crippen LogP contribution in [0.4, 0.5) is 4.79 Å². The number of urea groups is 1. The molecule has 172 valence electrons. The molecule has 1 fully saturated rings. The summed E-state index contributed by atoms with van der Waals surface area (Å²) < 4.78 is 11.5. The highest BCUT2D eigenvalue weighted by molar-refractivity contribution is 5.85. The van der Waals surface area contributed by atoms with E-state index in [9.17, 15) is 9.59 Å². The first kappa shape index (κ1) is 23.6. The number of hydrogen-bond acceptors (Lipinski definition) is 4. The average molecular weight is 439 g/mol. The van der Waals surface area contributed by atoms with Crippen molar-refractivity contribution in [1.82, 2.24) is 9.80 Å². The number of esters is 1. The lowest BCUT2D eigenvalue weighted by Gasteiger charge is -2.32. The lowest BCUT2D eigenvalue weighted by Crippen LogP contribution is -2.49. The molecule has 1 aliphatic heterocycles. The lowest BCUT2D eigenvalue weighted by atomic mass is 10.0. The van der Waals surface area contributed by atoms with Crippen LogP contribution in [0, 0.1) is 5.92 Å². The lowest BCUT2D eigenvalue weighted by molar-refractivity contribution is -0.161. The quantitative estimate of drug-likeness (QED) is 0.552. The number of rotatable bonds is 8. The highest BCUT2D eigenvalue weighted by atomic mass is 16.6. The van der Waals surface area contributed by atoms with Crippen molar-refractivity contribution in [3.05, 3.63) is 65.7 Å². The topological polar surface area (TPSA) is 59.1 Å². The van der Waals surface area contributed by atoms with Crippen molar-refractivity contribution in [3.63, 3.8) is 0 Å². The highest BCUT2D eigenvalue weighted by Crippen LogP contribution is 2.24. The third kappa shape index (κ3) is 6.25. The van der Waals surface area contributed by atoms with Gasteiger partial charge in [-0.2, -0.15) is 0 Å². The van der Waals surface area contributed by atoms with E-state index < -0.39 is 11.6 Å². The van der Waals surface area contributed by atoms with Gasteiger partial charge in [-0.25, -0.2) is 9.59 Å². The van der Waals surface area contributed by atoms with Crippen molar-refractivity contribution in [3.8, 4) is 5.75 Å². The van der Waals surface area contributed by atoms with E-state index in [1.807, 2.05) is 89.2 Å². The van der Waals surface area contributed by atoms with Crippen LogP contribution in [0.2, 0.25) is 0 Å². The van der Waals surface area contributed by atoms with Crippen molar-refractivity contribution in [1.29, 1.82) is 0 Å². The second-order valence-electron chi connectivity index (χ2n) is 9.54. The minimum Gasteiger partial charge on any atom is -0.489 e. The van der Waals surface area contributed by atoms with Crippen LogP contribution in [0.5, 0.6) is 5.75 Å². The molecule has 0 spiro atoms. The Bertz CT molecular complexity index is 921. The first-order valence-corrected chi connectivity index (χ1v) is 11.2. The van der Waals surface area contributed by atoms with Crippen molar-refractivity contribution >= 4 is 12.0 Å². The Labute approximate surface area is 191 Å². The summed E-state index contributed by atoms with van der Waals surface area (Å²) >= 11 is 0. The van der Waals surface area contributed by atoms with Crippen LogP contribution < -0.4 is 4.74 Å². The third-order valence-corrected chi connectivity index (χ3v) is 5.26.